The predicted molar refractivity (Wildman–Crippen MR) is 132 cm³/mol. The molecule has 1 aliphatic heterocycles. The second-order valence-electron chi connectivity index (χ2n) is 9.22. The molecule has 0 amide bonds. The zero-order chi connectivity index (χ0) is 20.9. The number of benzene rings is 2. The number of likely N-dealkylation sites (tertiary alicyclic amines) is 1. The number of rotatable bonds is 8. The maximum atomic E-state index is 2.68. The number of anilines is 2. The van der Waals surface area contributed by atoms with Crippen molar-refractivity contribution in [1.29, 1.82) is 0 Å². The molecule has 1 heterocycles. The van der Waals surface area contributed by atoms with Gasteiger partial charge in [0.1, 0.15) is 8.07 Å². The van der Waals surface area contributed by atoms with Crippen LogP contribution in [0.4, 0.5) is 11.4 Å². The summed E-state index contributed by atoms with van der Waals surface area (Å²) >= 11 is 0. The number of nitrogens with zero attached hydrogens (tertiary/aromatic N) is 3. The molecule has 0 N–H and O–H groups in total. The molecule has 0 radical (unpaired) electrons. The second-order valence-corrected chi connectivity index (χ2v) is 13.5. The zero-order valence-corrected chi connectivity index (χ0v) is 20.1. The molecular weight excluding hydrogens is 370 g/mol. The van der Waals surface area contributed by atoms with Gasteiger partial charge in [-0.1, -0.05) is 47.6 Å². The summed E-state index contributed by atoms with van der Waals surface area (Å²) in [6, 6.07) is 20.0. The quantitative estimate of drug-likeness (QED) is 0.613. The van der Waals surface area contributed by atoms with Crippen molar-refractivity contribution in [2.75, 3.05) is 57.6 Å². The third-order valence-electron chi connectivity index (χ3n) is 6.64. The highest BCUT2D eigenvalue weighted by Crippen LogP contribution is 2.19. The van der Waals surface area contributed by atoms with Crippen molar-refractivity contribution >= 4 is 29.8 Å². The molecule has 0 atom stereocenters. The standard InChI is InChI=1S/C25H39N3Si/c1-26(2)22-10-14-24(15-11-22)29(5,21-9-20-28-18-7-6-8-19-28)25-16-12-23(13-17-25)27(3)4/h10-17H,6-9,18-21H2,1-5H3. The van der Waals surface area contributed by atoms with Crippen LogP contribution in [0, 0.1) is 0 Å². The molecule has 2 aromatic carbocycles. The Balaban J connectivity index is 1.82. The van der Waals surface area contributed by atoms with Crippen LogP contribution < -0.4 is 20.2 Å². The van der Waals surface area contributed by atoms with Crippen LogP contribution in [-0.4, -0.2) is 60.8 Å². The van der Waals surface area contributed by atoms with Crippen molar-refractivity contribution in [2.45, 2.75) is 38.3 Å². The smallest absolute Gasteiger partial charge is 0.115 e. The Morgan fingerprint density at radius 1 is 0.724 bits per heavy atom. The molecule has 0 aromatic heterocycles. The van der Waals surface area contributed by atoms with E-state index in [1.165, 1.54) is 62.7 Å². The maximum Gasteiger partial charge on any atom is 0.115 e. The van der Waals surface area contributed by atoms with E-state index in [-0.39, 0.29) is 0 Å². The lowest BCUT2D eigenvalue weighted by Crippen LogP contribution is -2.55. The average Bonchev–Trinajstić information content (AvgIpc) is 2.74. The first kappa shape index (κ1) is 21.9. The van der Waals surface area contributed by atoms with E-state index >= 15 is 0 Å². The first-order valence-corrected chi connectivity index (χ1v) is 13.9. The molecule has 29 heavy (non-hydrogen) atoms. The summed E-state index contributed by atoms with van der Waals surface area (Å²) in [6.07, 6.45) is 5.48. The van der Waals surface area contributed by atoms with Crippen molar-refractivity contribution in [3.8, 4) is 0 Å². The molecule has 2 aromatic rings. The molecule has 3 nitrogen and oxygen atoms in total. The van der Waals surface area contributed by atoms with Gasteiger partial charge in [-0.2, -0.15) is 0 Å². The van der Waals surface area contributed by atoms with Gasteiger partial charge in [-0.25, -0.2) is 0 Å². The highest BCUT2D eigenvalue weighted by Gasteiger charge is 2.31. The molecule has 1 fully saturated rings. The van der Waals surface area contributed by atoms with E-state index in [1.807, 2.05) is 0 Å². The van der Waals surface area contributed by atoms with Gasteiger partial charge in [0.05, 0.1) is 0 Å². The van der Waals surface area contributed by atoms with E-state index in [9.17, 15) is 0 Å². The largest absolute Gasteiger partial charge is 0.378 e. The van der Waals surface area contributed by atoms with Crippen LogP contribution in [0.2, 0.25) is 12.6 Å². The van der Waals surface area contributed by atoms with E-state index in [0.29, 0.717) is 0 Å². The Hall–Kier alpha value is -1.78. The van der Waals surface area contributed by atoms with Crippen LogP contribution in [0.5, 0.6) is 0 Å². The Morgan fingerprint density at radius 2 is 1.17 bits per heavy atom. The molecule has 158 valence electrons. The van der Waals surface area contributed by atoms with Crippen molar-refractivity contribution in [3.63, 3.8) is 0 Å². The Labute approximate surface area is 179 Å². The topological polar surface area (TPSA) is 9.72 Å². The number of piperidine rings is 1. The molecule has 0 aliphatic carbocycles. The second kappa shape index (κ2) is 9.81. The van der Waals surface area contributed by atoms with Gasteiger partial charge in [0, 0.05) is 39.6 Å². The third-order valence-corrected chi connectivity index (χ3v) is 11.2. The molecule has 0 bridgehead atoms. The Morgan fingerprint density at radius 3 is 1.59 bits per heavy atom. The van der Waals surface area contributed by atoms with Gasteiger partial charge < -0.3 is 14.7 Å². The van der Waals surface area contributed by atoms with Crippen molar-refractivity contribution < 1.29 is 0 Å². The van der Waals surface area contributed by atoms with Crippen LogP contribution in [-0.2, 0) is 0 Å². The molecule has 0 saturated carbocycles. The van der Waals surface area contributed by atoms with Crippen LogP contribution in [0.25, 0.3) is 0 Å². The van der Waals surface area contributed by atoms with E-state index in [2.05, 4.69) is 98.0 Å². The van der Waals surface area contributed by atoms with E-state index in [4.69, 9.17) is 0 Å². The fraction of sp³-hybridized carbons (Fsp3) is 0.520. The lowest BCUT2D eigenvalue weighted by Gasteiger charge is -2.32. The lowest BCUT2D eigenvalue weighted by atomic mass is 10.1. The minimum Gasteiger partial charge on any atom is -0.378 e. The minimum absolute atomic E-state index is 1.26. The van der Waals surface area contributed by atoms with Gasteiger partial charge >= 0.3 is 0 Å². The molecule has 3 rings (SSSR count). The fourth-order valence-corrected chi connectivity index (χ4v) is 8.13. The summed E-state index contributed by atoms with van der Waals surface area (Å²) in [7, 11) is 6.70. The van der Waals surface area contributed by atoms with Crippen LogP contribution in [0.15, 0.2) is 48.5 Å². The molecule has 0 unspecified atom stereocenters. The van der Waals surface area contributed by atoms with Gasteiger partial charge in [0.25, 0.3) is 0 Å². The van der Waals surface area contributed by atoms with Gasteiger partial charge in [-0.3, -0.25) is 0 Å². The van der Waals surface area contributed by atoms with E-state index < -0.39 is 8.07 Å². The third kappa shape index (κ3) is 5.43. The van der Waals surface area contributed by atoms with Gasteiger partial charge in [0.2, 0.25) is 0 Å². The van der Waals surface area contributed by atoms with Crippen molar-refractivity contribution in [2.24, 2.45) is 0 Å². The van der Waals surface area contributed by atoms with Gasteiger partial charge in [-0.15, -0.1) is 0 Å². The average molecular weight is 410 g/mol. The first-order chi connectivity index (χ1) is 13.9. The SMILES string of the molecule is CN(C)c1ccc([Si](C)(CCCN2CCCCC2)c2ccc(N(C)C)cc2)cc1. The normalized spacial score (nSPS) is 15.3. The van der Waals surface area contributed by atoms with E-state index in [0.717, 1.165) is 0 Å². The fourth-order valence-electron chi connectivity index (χ4n) is 4.55. The Kier molecular flexibility index (Phi) is 7.42. The highest BCUT2D eigenvalue weighted by atomic mass is 28.3. The summed E-state index contributed by atoms with van der Waals surface area (Å²) in [4.78, 5) is 7.05. The summed E-state index contributed by atoms with van der Waals surface area (Å²) < 4.78 is 0. The summed E-state index contributed by atoms with van der Waals surface area (Å²) in [6.45, 7) is 6.42. The molecule has 0 spiro atoms. The number of hydrogen-bond donors (Lipinski definition) is 0. The monoisotopic (exact) mass is 409 g/mol. The highest BCUT2D eigenvalue weighted by molar-refractivity contribution is 7.01. The summed E-state index contributed by atoms with van der Waals surface area (Å²) in [5, 5.41) is 3.11. The van der Waals surface area contributed by atoms with E-state index in [1.54, 1.807) is 10.4 Å². The van der Waals surface area contributed by atoms with Crippen LogP contribution in [0.3, 0.4) is 0 Å². The molecule has 1 aliphatic rings. The minimum atomic E-state index is -1.77. The lowest BCUT2D eigenvalue weighted by molar-refractivity contribution is 0.229. The predicted octanol–water partition coefficient (Wildman–Crippen LogP) is 3.89. The van der Waals surface area contributed by atoms with Crippen LogP contribution >= 0.6 is 0 Å². The van der Waals surface area contributed by atoms with Crippen molar-refractivity contribution in [3.05, 3.63) is 48.5 Å². The van der Waals surface area contributed by atoms with Gasteiger partial charge in [0.15, 0.2) is 0 Å². The molecular formula is C25H39N3Si. The maximum absolute atomic E-state index is 2.68. The van der Waals surface area contributed by atoms with Crippen molar-refractivity contribution in [1.82, 2.24) is 4.90 Å². The van der Waals surface area contributed by atoms with Gasteiger partial charge in [-0.05, 0) is 69.2 Å². The number of hydrogen-bond acceptors (Lipinski definition) is 3. The first-order valence-electron chi connectivity index (χ1n) is 11.2. The summed E-state index contributed by atoms with van der Waals surface area (Å²) in [5.41, 5.74) is 2.56. The molecule has 1 saturated heterocycles. The Bertz CT molecular complexity index is 695. The molecule has 4 heteroatoms. The summed E-state index contributed by atoms with van der Waals surface area (Å²) in [5.74, 6) is 0. The zero-order valence-electron chi connectivity index (χ0n) is 19.1. The van der Waals surface area contributed by atoms with Crippen LogP contribution in [0.1, 0.15) is 25.7 Å².